The van der Waals surface area contributed by atoms with Gasteiger partial charge >= 0.3 is 5.97 Å². The molecular weight excluding hydrogens is 258 g/mol. The average molecular weight is 270 g/mol. The number of nitrogens with two attached hydrogens (primary N) is 1. The summed E-state index contributed by atoms with van der Waals surface area (Å²) in [4.78, 5) is 11.7. The van der Waals surface area contributed by atoms with Gasteiger partial charge in [-0.1, -0.05) is 6.07 Å². The summed E-state index contributed by atoms with van der Waals surface area (Å²) >= 11 is 3.28. The minimum Gasteiger partial charge on any atom is -0.459 e. The number of esters is 1. The minimum atomic E-state index is -0.321. The second kappa shape index (κ2) is 4.23. The van der Waals surface area contributed by atoms with E-state index in [0.29, 0.717) is 11.3 Å². The number of para-hydroxylation sites is 1. The number of benzene rings is 1. The van der Waals surface area contributed by atoms with Crippen molar-refractivity contribution in [1.82, 2.24) is 0 Å². The molecule has 0 aromatic heterocycles. The van der Waals surface area contributed by atoms with Gasteiger partial charge < -0.3 is 10.5 Å². The van der Waals surface area contributed by atoms with E-state index < -0.39 is 0 Å². The first kappa shape index (κ1) is 10.5. The largest absolute Gasteiger partial charge is 0.459 e. The Bertz CT molecular complexity index is 388. The lowest BCUT2D eigenvalue weighted by Gasteiger charge is -2.25. The van der Waals surface area contributed by atoms with Crippen LogP contribution in [0.4, 0.5) is 5.69 Å². The van der Waals surface area contributed by atoms with Gasteiger partial charge in [0.05, 0.1) is 11.3 Å². The molecule has 0 spiro atoms. The molecule has 1 aromatic carbocycles. The van der Waals surface area contributed by atoms with Gasteiger partial charge in [-0.25, -0.2) is 4.79 Å². The zero-order chi connectivity index (χ0) is 10.8. The average Bonchev–Trinajstić information content (AvgIpc) is 2.15. The fraction of sp³-hybridized carbons (Fsp3) is 0.364. The van der Waals surface area contributed by atoms with Gasteiger partial charge in [-0.15, -0.1) is 0 Å². The smallest absolute Gasteiger partial charge is 0.340 e. The summed E-state index contributed by atoms with van der Waals surface area (Å²) in [6, 6.07) is 5.26. The topological polar surface area (TPSA) is 52.3 Å². The second-order valence-electron chi connectivity index (χ2n) is 3.66. The van der Waals surface area contributed by atoms with Gasteiger partial charge in [0, 0.05) is 4.47 Å². The highest BCUT2D eigenvalue weighted by molar-refractivity contribution is 9.10. The molecule has 1 aliphatic rings. The van der Waals surface area contributed by atoms with E-state index in [1.165, 1.54) is 0 Å². The van der Waals surface area contributed by atoms with Crippen LogP contribution in [0.1, 0.15) is 29.6 Å². The Morgan fingerprint density at radius 2 is 2.20 bits per heavy atom. The molecule has 4 heteroatoms. The molecule has 1 aliphatic carbocycles. The first-order chi connectivity index (χ1) is 7.18. The first-order valence-electron chi connectivity index (χ1n) is 4.93. The number of hydrogen-bond donors (Lipinski definition) is 1. The number of hydrogen-bond acceptors (Lipinski definition) is 3. The van der Waals surface area contributed by atoms with Crippen molar-refractivity contribution in [2.45, 2.75) is 25.4 Å². The molecule has 0 aliphatic heterocycles. The molecule has 0 bridgehead atoms. The van der Waals surface area contributed by atoms with E-state index in [2.05, 4.69) is 15.9 Å². The van der Waals surface area contributed by atoms with Crippen LogP contribution in [0.25, 0.3) is 0 Å². The van der Waals surface area contributed by atoms with E-state index in [1.54, 1.807) is 18.2 Å². The third-order valence-corrected chi connectivity index (χ3v) is 3.29. The van der Waals surface area contributed by atoms with Crippen molar-refractivity contribution in [2.75, 3.05) is 5.73 Å². The molecule has 1 fully saturated rings. The summed E-state index contributed by atoms with van der Waals surface area (Å²) in [7, 11) is 0. The highest BCUT2D eigenvalue weighted by Gasteiger charge is 2.23. The highest BCUT2D eigenvalue weighted by Crippen LogP contribution is 2.27. The lowest BCUT2D eigenvalue weighted by Crippen LogP contribution is -2.25. The Morgan fingerprint density at radius 3 is 2.80 bits per heavy atom. The molecule has 0 heterocycles. The fourth-order valence-electron chi connectivity index (χ4n) is 1.42. The lowest BCUT2D eigenvalue weighted by molar-refractivity contribution is 0.00912. The summed E-state index contributed by atoms with van der Waals surface area (Å²) in [6.45, 7) is 0. The molecule has 0 unspecified atom stereocenters. The molecule has 1 saturated carbocycles. The molecular formula is C11H12BrNO2. The van der Waals surface area contributed by atoms with Crippen LogP contribution in [0.15, 0.2) is 22.7 Å². The van der Waals surface area contributed by atoms with Crippen LogP contribution in [0.3, 0.4) is 0 Å². The van der Waals surface area contributed by atoms with Crippen molar-refractivity contribution in [3.05, 3.63) is 28.2 Å². The monoisotopic (exact) mass is 269 g/mol. The second-order valence-corrected chi connectivity index (χ2v) is 4.51. The molecule has 0 saturated heterocycles. The maximum absolute atomic E-state index is 11.7. The number of carbonyl (C=O) groups is 1. The molecule has 2 N–H and O–H groups in total. The Labute approximate surface area is 96.7 Å². The van der Waals surface area contributed by atoms with Gasteiger partial charge in [0.2, 0.25) is 0 Å². The Balaban J connectivity index is 2.13. The lowest BCUT2D eigenvalue weighted by atomic mass is 9.96. The molecule has 2 rings (SSSR count). The van der Waals surface area contributed by atoms with E-state index in [9.17, 15) is 4.79 Å². The van der Waals surface area contributed by atoms with Crippen molar-refractivity contribution >= 4 is 27.6 Å². The van der Waals surface area contributed by atoms with Gasteiger partial charge in [0.15, 0.2) is 0 Å². The van der Waals surface area contributed by atoms with Crippen molar-refractivity contribution < 1.29 is 9.53 Å². The van der Waals surface area contributed by atoms with Crippen LogP contribution in [-0.4, -0.2) is 12.1 Å². The molecule has 3 nitrogen and oxygen atoms in total. The quantitative estimate of drug-likeness (QED) is 0.664. The first-order valence-corrected chi connectivity index (χ1v) is 5.73. The van der Waals surface area contributed by atoms with Gasteiger partial charge in [-0.2, -0.15) is 0 Å². The van der Waals surface area contributed by atoms with Crippen molar-refractivity contribution in [3.63, 3.8) is 0 Å². The molecule has 0 amide bonds. The standard InChI is InChI=1S/C11H12BrNO2/c12-9-6-2-5-8(10(9)13)11(14)15-7-3-1-4-7/h2,5-7H,1,3-4,13H2. The Morgan fingerprint density at radius 1 is 1.47 bits per heavy atom. The SMILES string of the molecule is Nc1c(Br)cccc1C(=O)OC1CCC1. The third-order valence-electron chi connectivity index (χ3n) is 2.60. The van der Waals surface area contributed by atoms with Gasteiger partial charge in [-0.05, 0) is 47.3 Å². The number of carbonyl (C=O) groups excluding carboxylic acids is 1. The molecule has 80 valence electrons. The maximum Gasteiger partial charge on any atom is 0.340 e. The molecule has 0 radical (unpaired) electrons. The summed E-state index contributed by atoms with van der Waals surface area (Å²) in [6.07, 6.45) is 3.18. The van der Waals surface area contributed by atoms with Crippen LogP contribution < -0.4 is 5.73 Å². The van der Waals surface area contributed by atoms with Crippen molar-refractivity contribution in [3.8, 4) is 0 Å². The van der Waals surface area contributed by atoms with Gasteiger partial charge in [0.1, 0.15) is 6.10 Å². The molecule has 15 heavy (non-hydrogen) atoms. The number of anilines is 1. The zero-order valence-corrected chi connectivity index (χ0v) is 9.79. The predicted octanol–water partition coefficient (Wildman–Crippen LogP) is 2.74. The Kier molecular flexibility index (Phi) is 2.95. The number of halogens is 1. The normalized spacial score (nSPS) is 15.8. The highest BCUT2D eigenvalue weighted by atomic mass is 79.9. The fourth-order valence-corrected chi connectivity index (χ4v) is 1.78. The summed E-state index contributed by atoms with van der Waals surface area (Å²) in [5.74, 6) is -0.321. The van der Waals surface area contributed by atoms with E-state index >= 15 is 0 Å². The van der Waals surface area contributed by atoms with Crippen LogP contribution in [0.5, 0.6) is 0 Å². The summed E-state index contributed by atoms with van der Waals surface area (Å²) in [5.41, 5.74) is 6.66. The van der Waals surface area contributed by atoms with Gasteiger partial charge in [0.25, 0.3) is 0 Å². The van der Waals surface area contributed by atoms with Crippen LogP contribution in [-0.2, 0) is 4.74 Å². The van der Waals surface area contributed by atoms with Crippen LogP contribution in [0.2, 0.25) is 0 Å². The van der Waals surface area contributed by atoms with E-state index in [0.717, 1.165) is 23.7 Å². The van der Waals surface area contributed by atoms with Crippen LogP contribution >= 0.6 is 15.9 Å². The Hall–Kier alpha value is -1.03. The van der Waals surface area contributed by atoms with E-state index in [1.807, 2.05) is 0 Å². The zero-order valence-electron chi connectivity index (χ0n) is 8.20. The van der Waals surface area contributed by atoms with Gasteiger partial charge in [-0.3, -0.25) is 0 Å². The predicted molar refractivity (Wildman–Crippen MR) is 61.6 cm³/mol. The van der Waals surface area contributed by atoms with E-state index in [4.69, 9.17) is 10.5 Å². The summed E-state index contributed by atoms with van der Waals surface area (Å²) in [5, 5.41) is 0. The molecule has 0 atom stereocenters. The number of rotatable bonds is 2. The third kappa shape index (κ3) is 2.15. The summed E-state index contributed by atoms with van der Waals surface area (Å²) < 4.78 is 6.00. The minimum absolute atomic E-state index is 0.0934. The maximum atomic E-state index is 11.7. The van der Waals surface area contributed by atoms with E-state index in [-0.39, 0.29) is 12.1 Å². The van der Waals surface area contributed by atoms with Crippen molar-refractivity contribution in [1.29, 1.82) is 0 Å². The van der Waals surface area contributed by atoms with Crippen molar-refractivity contribution in [2.24, 2.45) is 0 Å². The number of ether oxygens (including phenoxy) is 1. The molecule has 1 aromatic rings. The van der Waals surface area contributed by atoms with Crippen LogP contribution in [0, 0.1) is 0 Å². The number of nitrogen functional groups attached to an aromatic ring is 1.